The van der Waals surface area contributed by atoms with Gasteiger partial charge in [-0.15, -0.1) is 0 Å². The van der Waals surface area contributed by atoms with Gasteiger partial charge in [-0.1, -0.05) is 32.1 Å². The highest BCUT2D eigenvalue weighted by Crippen LogP contribution is 2.26. The summed E-state index contributed by atoms with van der Waals surface area (Å²) in [6.45, 7) is 2.67. The first kappa shape index (κ1) is 18.4. The summed E-state index contributed by atoms with van der Waals surface area (Å²) in [4.78, 5) is 11.2. The molecule has 5 nitrogen and oxygen atoms in total. The maximum atomic E-state index is 12.1. The number of hydrogen-bond acceptors (Lipinski definition) is 4. The van der Waals surface area contributed by atoms with Gasteiger partial charge in [0.05, 0.1) is 12.4 Å². The molecule has 0 unspecified atom stereocenters. The zero-order chi connectivity index (χ0) is 15.7. The Labute approximate surface area is 129 Å². The molecule has 124 valence electrons. The summed E-state index contributed by atoms with van der Waals surface area (Å²) >= 11 is 0. The van der Waals surface area contributed by atoms with E-state index in [9.17, 15) is 13.2 Å². The first-order valence-corrected chi connectivity index (χ1v) is 9.66. The van der Waals surface area contributed by atoms with Crippen LogP contribution in [0.25, 0.3) is 0 Å². The standard InChI is InChI=1S/C15H29NO4S/c1-3-20-15(17)10-7-13-21(18,19)16(2)12-11-14-8-5-4-6-9-14/h14H,3-13H2,1-2H3. The lowest BCUT2D eigenvalue weighted by molar-refractivity contribution is -0.143. The van der Waals surface area contributed by atoms with Crippen LogP contribution in [0.5, 0.6) is 0 Å². The molecule has 0 atom stereocenters. The molecule has 0 N–H and O–H groups in total. The maximum Gasteiger partial charge on any atom is 0.305 e. The summed E-state index contributed by atoms with van der Waals surface area (Å²) in [5.74, 6) is 0.376. The van der Waals surface area contributed by atoms with Crippen LogP contribution in [-0.4, -0.2) is 44.6 Å². The molecule has 0 spiro atoms. The van der Waals surface area contributed by atoms with Gasteiger partial charge in [-0.25, -0.2) is 12.7 Å². The predicted molar refractivity (Wildman–Crippen MR) is 83.5 cm³/mol. The molecule has 1 aliphatic carbocycles. The van der Waals surface area contributed by atoms with E-state index in [1.807, 2.05) is 0 Å². The Morgan fingerprint density at radius 1 is 1.24 bits per heavy atom. The van der Waals surface area contributed by atoms with Gasteiger partial charge in [0.2, 0.25) is 10.0 Å². The second kappa shape index (κ2) is 9.41. The maximum absolute atomic E-state index is 12.1. The molecule has 0 aromatic rings. The fourth-order valence-electron chi connectivity index (χ4n) is 2.77. The third-order valence-corrected chi connectivity index (χ3v) is 6.08. The van der Waals surface area contributed by atoms with Gasteiger partial charge in [-0.3, -0.25) is 4.79 Å². The lowest BCUT2D eigenvalue weighted by atomic mass is 9.87. The van der Waals surface area contributed by atoms with E-state index in [-0.39, 0.29) is 18.1 Å². The third kappa shape index (κ3) is 7.27. The summed E-state index contributed by atoms with van der Waals surface area (Å²) in [6.07, 6.45) is 7.79. The van der Waals surface area contributed by atoms with Crippen LogP contribution in [0, 0.1) is 5.92 Å². The zero-order valence-electron chi connectivity index (χ0n) is 13.3. The van der Waals surface area contributed by atoms with Gasteiger partial charge >= 0.3 is 5.97 Å². The number of hydrogen-bond donors (Lipinski definition) is 0. The Balaban J connectivity index is 2.26. The highest BCUT2D eigenvalue weighted by molar-refractivity contribution is 7.89. The van der Waals surface area contributed by atoms with Crippen LogP contribution in [0.1, 0.15) is 58.3 Å². The Morgan fingerprint density at radius 2 is 1.90 bits per heavy atom. The SMILES string of the molecule is CCOC(=O)CCCS(=O)(=O)N(C)CCC1CCCCC1. The summed E-state index contributed by atoms with van der Waals surface area (Å²) < 4.78 is 30.5. The second-order valence-electron chi connectivity index (χ2n) is 5.84. The number of rotatable bonds is 9. The lowest BCUT2D eigenvalue weighted by Gasteiger charge is -2.24. The van der Waals surface area contributed by atoms with E-state index in [0.29, 0.717) is 25.5 Å². The molecule has 0 aliphatic heterocycles. The first-order valence-electron chi connectivity index (χ1n) is 8.05. The van der Waals surface area contributed by atoms with E-state index in [2.05, 4.69) is 0 Å². The van der Waals surface area contributed by atoms with Gasteiger partial charge < -0.3 is 4.74 Å². The molecule has 0 saturated heterocycles. The highest BCUT2D eigenvalue weighted by Gasteiger charge is 2.20. The van der Waals surface area contributed by atoms with Crippen LogP contribution in [-0.2, 0) is 19.6 Å². The van der Waals surface area contributed by atoms with Crippen molar-refractivity contribution >= 4 is 16.0 Å². The quantitative estimate of drug-likeness (QED) is 0.613. The van der Waals surface area contributed by atoms with Crippen LogP contribution >= 0.6 is 0 Å². The van der Waals surface area contributed by atoms with Crippen molar-refractivity contribution in [3.8, 4) is 0 Å². The molecule has 1 rings (SSSR count). The second-order valence-corrected chi connectivity index (χ2v) is 8.03. The van der Waals surface area contributed by atoms with Gasteiger partial charge in [-0.2, -0.15) is 0 Å². The molecule has 0 radical (unpaired) electrons. The number of carbonyl (C=O) groups is 1. The monoisotopic (exact) mass is 319 g/mol. The fourth-order valence-corrected chi connectivity index (χ4v) is 3.97. The molecule has 0 heterocycles. The molecule has 0 aromatic carbocycles. The summed E-state index contributed by atoms with van der Waals surface area (Å²) in [6, 6.07) is 0. The Kier molecular flexibility index (Phi) is 8.26. The molecule has 0 amide bonds. The number of sulfonamides is 1. The number of nitrogens with zero attached hydrogens (tertiary/aromatic N) is 1. The number of carbonyl (C=O) groups excluding carboxylic acids is 1. The molecule has 6 heteroatoms. The molecular weight excluding hydrogens is 290 g/mol. The molecule has 1 aliphatic rings. The van der Waals surface area contributed by atoms with Crippen LogP contribution in [0.15, 0.2) is 0 Å². The molecule has 0 aromatic heterocycles. The van der Waals surface area contributed by atoms with Gasteiger partial charge in [0, 0.05) is 20.0 Å². The van der Waals surface area contributed by atoms with E-state index < -0.39 is 10.0 Å². The number of esters is 1. The van der Waals surface area contributed by atoms with Crippen molar-refractivity contribution < 1.29 is 17.9 Å². The van der Waals surface area contributed by atoms with E-state index in [4.69, 9.17) is 4.74 Å². The minimum Gasteiger partial charge on any atom is -0.466 e. The largest absolute Gasteiger partial charge is 0.466 e. The highest BCUT2D eigenvalue weighted by atomic mass is 32.2. The average Bonchev–Trinajstić information content (AvgIpc) is 2.46. The molecular formula is C15H29NO4S. The Hall–Kier alpha value is -0.620. The van der Waals surface area contributed by atoms with Crippen LogP contribution in [0.2, 0.25) is 0 Å². The number of ether oxygens (including phenoxy) is 1. The van der Waals surface area contributed by atoms with Crippen molar-refractivity contribution in [2.75, 3.05) is 26.0 Å². The summed E-state index contributed by atoms with van der Waals surface area (Å²) in [5, 5.41) is 0. The van der Waals surface area contributed by atoms with Gasteiger partial charge in [0.1, 0.15) is 0 Å². The van der Waals surface area contributed by atoms with Crippen LogP contribution < -0.4 is 0 Å². The molecule has 1 fully saturated rings. The first-order chi connectivity index (χ1) is 9.95. The molecule has 0 bridgehead atoms. The normalized spacial score (nSPS) is 17.1. The van der Waals surface area contributed by atoms with Crippen molar-refractivity contribution in [1.82, 2.24) is 4.31 Å². The van der Waals surface area contributed by atoms with E-state index >= 15 is 0 Å². The van der Waals surface area contributed by atoms with Crippen molar-refractivity contribution in [3.05, 3.63) is 0 Å². The predicted octanol–water partition coefficient (Wildman–Crippen LogP) is 2.56. The van der Waals surface area contributed by atoms with Crippen molar-refractivity contribution in [2.24, 2.45) is 5.92 Å². The van der Waals surface area contributed by atoms with E-state index in [1.165, 1.54) is 36.4 Å². The van der Waals surface area contributed by atoms with Crippen LogP contribution in [0.3, 0.4) is 0 Å². The molecule has 1 saturated carbocycles. The fraction of sp³-hybridized carbons (Fsp3) is 0.933. The van der Waals surface area contributed by atoms with E-state index in [1.54, 1.807) is 14.0 Å². The van der Waals surface area contributed by atoms with Gasteiger partial charge in [0.25, 0.3) is 0 Å². The molecule has 21 heavy (non-hydrogen) atoms. The lowest BCUT2D eigenvalue weighted by Crippen LogP contribution is -2.31. The minimum atomic E-state index is -3.25. The Morgan fingerprint density at radius 3 is 2.52 bits per heavy atom. The smallest absolute Gasteiger partial charge is 0.305 e. The minimum absolute atomic E-state index is 0.0208. The Bertz CT molecular complexity index is 402. The topological polar surface area (TPSA) is 63.7 Å². The van der Waals surface area contributed by atoms with Crippen molar-refractivity contribution in [2.45, 2.75) is 58.3 Å². The summed E-state index contributed by atoms with van der Waals surface area (Å²) in [7, 11) is -1.60. The van der Waals surface area contributed by atoms with Gasteiger partial charge in [0.15, 0.2) is 0 Å². The zero-order valence-corrected chi connectivity index (χ0v) is 14.2. The van der Waals surface area contributed by atoms with Crippen LogP contribution in [0.4, 0.5) is 0 Å². The van der Waals surface area contributed by atoms with Crippen molar-refractivity contribution in [3.63, 3.8) is 0 Å². The summed E-state index contributed by atoms with van der Waals surface area (Å²) in [5.41, 5.74) is 0. The average molecular weight is 319 g/mol. The van der Waals surface area contributed by atoms with Crippen molar-refractivity contribution in [1.29, 1.82) is 0 Å². The third-order valence-electron chi connectivity index (χ3n) is 4.14. The van der Waals surface area contributed by atoms with E-state index in [0.717, 1.165) is 6.42 Å². The van der Waals surface area contributed by atoms with Gasteiger partial charge in [-0.05, 0) is 25.7 Å².